The number of piperidine rings is 1. The van der Waals surface area contributed by atoms with Gasteiger partial charge in [0, 0.05) is 11.8 Å². The minimum atomic E-state index is -0.0377. The van der Waals surface area contributed by atoms with Crippen molar-refractivity contribution in [2.45, 2.75) is 38.5 Å². The summed E-state index contributed by atoms with van der Waals surface area (Å²) in [5, 5.41) is 5.91. The van der Waals surface area contributed by atoms with Crippen LogP contribution in [-0.2, 0) is 9.59 Å². The van der Waals surface area contributed by atoms with Crippen molar-refractivity contribution in [3.63, 3.8) is 0 Å². The molecule has 1 saturated heterocycles. The van der Waals surface area contributed by atoms with Crippen molar-refractivity contribution >= 4 is 11.8 Å². The van der Waals surface area contributed by atoms with E-state index >= 15 is 0 Å². The van der Waals surface area contributed by atoms with Crippen LogP contribution in [0.5, 0.6) is 0 Å². The number of carbonyl (C=O) groups excluding carboxylic acids is 2. The Kier molecular flexibility index (Phi) is 3.37. The van der Waals surface area contributed by atoms with Crippen molar-refractivity contribution in [2.24, 2.45) is 23.7 Å². The average Bonchev–Trinajstić information content (AvgIpc) is 3.02. The second-order valence-electron chi connectivity index (χ2n) is 6.16. The van der Waals surface area contributed by atoms with Crippen LogP contribution in [0.2, 0.25) is 0 Å². The Morgan fingerprint density at radius 3 is 2.33 bits per heavy atom. The zero-order valence-electron chi connectivity index (χ0n) is 10.8. The third kappa shape index (κ3) is 2.30. The highest BCUT2D eigenvalue weighted by atomic mass is 16.2. The first-order valence-electron chi connectivity index (χ1n) is 7.29. The van der Waals surface area contributed by atoms with Crippen LogP contribution in [0.25, 0.3) is 0 Å². The summed E-state index contributed by atoms with van der Waals surface area (Å²) in [7, 11) is 0. The molecule has 3 fully saturated rings. The second-order valence-corrected chi connectivity index (χ2v) is 6.16. The van der Waals surface area contributed by atoms with Crippen molar-refractivity contribution in [1.29, 1.82) is 0 Å². The molecule has 1 aliphatic heterocycles. The van der Waals surface area contributed by atoms with Gasteiger partial charge in [-0.15, -0.1) is 0 Å². The zero-order chi connectivity index (χ0) is 12.5. The largest absolute Gasteiger partial charge is 0.317 e. The first-order valence-corrected chi connectivity index (χ1v) is 7.29. The van der Waals surface area contributed by atoms with E-state index in [0.29, 0.717) is 5.92 Å². The summed E-state index contributed by atoms with van der Waals surface area (Å²) < 4.78 is 0. The maximum atomic E-state index is 12.1. The van der Waals surface area contributed by atoms with E-state index in [9.17, 15) is 9.59 Å². The van der Waals surface area contributed by atoms with E-state index in [2.05, 4.69) is 10.6 Å². The lowest BCUT2D eigenvalue weighted by atomic mass is 9.88. The van der Waals surface area contributed by atoms with Gasteiger partial charge in [0.1, 0.15) is 0 Å². The topological polar surface area (TPSA) is 58.2 Å². The summed E-state index contributed by atoms with van der Waals surface area (Å²) in [6.07, 6.45) is 6.41. The predicted octanol–water partition coefficient (Wildman–Crippen LogP) is 1.06. The summed E-state index contributed by atoms with van der Waals surface area (Å²) >= 11 is 0. The molecule has 3 unspecified atom stereocenters. The lowest BCUT2D eigenvalue weighted by molar-refractivity contribution is -0.136. The van der Waals surface area contributed by atoms with Crippen molar-refractivity contribution in [3.05, 3.63) is 0 Å². The molecule has 2 amide bonds. The molecule has 4 nitrogen and oxygen atoms in total. The molecule has 100 valence electrons. The third-order valence-electron chi connectivity index (χ3n) is 5.03. The van der Waals surface area contributed by atoms with Gasteiger partial charge in [-0.2, -0.15) is 0 Å². The maximum absolute atomic E-state index is 12.1. The Labute approximate surface area is 108 Å². The van der Waals surface area contributed by atoms with Gasteiger partial charge < -0.3 is 5.32 Å². The molecule has 18 heavy (non-hydrogen) atoms. The molecule has 0 spiro atoms. The van der Waals surface area contributed by atoms with E-state index in [4.69, 9.17) is 0 Å². The van der Waals surface area contributed by atoms with Gasteiger partial charge in [0.15, 0.2) is 0 Å². The fourth-order valence-electron chi connectivity index (χ4n) is 3.97. The van der Waals surface area contributed by atoms with Crippen molar-refractivity contribution in [3.8, 4) is 0 Å². The monoisotopic (exact) mass is 250 g/mol. The van der Waals surface area contributed by atoms with Gasteiger partial charge in [-0.25, -0.2) is 0 Å². The SMILES string of the molecule is O=C(NC(=O)C1CC2CCC1C2)C1CCNCC1. The molecule has 2 N–H and O–H groups in total. The quantitative estimate of drug-likeness (QED) is 0.721. The lowest BCUT2D eigenvalue weighted by Crippen LogP contribution is -2.43. The lowest BCUT2D eigenvalue weighted by Gasteiger charge is -2.24. The van der Waals surface area contributed by atoms with Crippen LogP contribution in [0.1, 0.15) is 38.5 Å². The normalized spacial score (nSPS) is 35.7. The van der Waals surface area contributed by atoms with Crippen LogP contribution in [0.4, 0.5) is 0 Å². The van der Waals surface area contributed by atoms with Crippen LogP contribution in [0.15, 0.2) is 0 Å². The second kappa shape index (κ2) is 5.00. The van der Waals surface area contributed by atoms with E-state index in [-0.39, 0.29) is 23.7 Å². The first kappa shape index (κ1) is 12.2. The fourth-order valence-corrected chi connectivity index (χ4v) is 3.97. The van der Waals surface area contributed by atoms with Crippen molar-refractivity contribution < 1.29 is 9.59 Å². The average molecular weight is 250 g/mol. The molecule has 0 radical (unpaired) electrons. The van der Waals surface area contributed by atoms with E-state index in [1.165, 1.54) is 19.3 Å². The van der Waals surface area contributed by atoms with Gasteiger partial charge in [-0.1, -0.05) is 6.42 Å². The van der Waals surface area contributed by atoms with Gasteiger partial charge in [0.25, 0.3) is 0 Å². The van der Waals surface area contributed by atoms with E-state index < -0.39 is 0 Å². The van der Waals surface area contributed by atoms with Gasteiger partial charge in [-0.3, -0.25) is 14.9 Å². The highest BCUT2D eigenvalue weighted by Gasteiger charge is 2.43. The summed E-state index contributed by atoms with van der Waals surface area (Å²) in [4.78, 5) is 24.2. The third-order valence-corrected chi connectivity index (χ3v) is 5.03. The molecule has 2 saturated carbocycles. The van der Waals surface area contributed by atoms with Crippen LogP contribution < -0.4 is 10.6 Å². The number of nitrogens with one attached hydrogen (secondary N) is 2. The summed E-state index contributed by atoms with van der Waals surface area (Å²) in [6, 6.07) is 0. The molecule has 2 aliphatic carbocycles. The minimum Gasteiger partial charge on any atom is -0.317 e. The Hall–Kier alpha value is -0.900. The number of amides is 2. The molecule has 0 aromatic rings. The molecular weight excluding hydrogens is 228 g/mol. The summed E-state index contributed by atoms with van der Waals surface area (Å²) in [6.45, 7) is 1.78. The van der Waals surface area contributed by atoms with Crippen LogP contribution >= 0.6 is 0 Å². The number of hydrogen-bond donors (Lipinski definition) is 2. The molecular formula is C14H22N2O2. The van der Waals surface area contributed by atoms with Gasteiger partial charge in [0.05, 0.1) is 0 Å². The molecule has 3 atom stereocenters. The Morgan fingerprint density at radius 2 is 1.72 bits per heavy atom. The van der Waals surface area contributed by atoms with Gasteiger partial charge in [-0.05, 0) is 57.0 Å². The molecule has 2 bridgehead atoms. The molecule has 0 aromatic heterocycles. The smallest absolute Gasteiger partial charge is 0.229 e. The predicted molar refractivity (Wildman–Crippen MR) is 67.7 cm³/mol. The molecule has 4 heteroatoms. The standard InChI is InChI=1S/C14H22N2O2/c17-13(10-3-5-15-6-4-10)16-14(18)12-8-9-1-2-11(12)7-9/h9-12,15H,1-8H2,(H,16,17,18). The minimum absolute atomic E-state index is 0.00531. The van der Waals surface area contributed by atoms with Crippen molar-refractivity contribution in [2.75, 3.05) is 13.1 Å². The number of carbonyl (C=O) groups is 2. The van der Waals surface area contributed by atoms with Gasteiger partial charge >= 0.3 is 0 Å². The number of imide groups is 1. The summed E-state index contributed by atoms with van der Waals surface area (Å²) in [5.74, 6) is 1.42. The first-order chi connectivity index (χ1) is 8.74. The summed E-state index contributed by atoms with van der Waals surface area (Å²) in [5.41, 5.74) is 0. The van der Waals surface area contributed by atoms with Crippen molar-refractivity contribution in [1.82, 2.24) is 10.6 Å². The fraction of sp³-hybridized carbons (Fsp3) is 0.857. The highest BCUT2D eigenvalue weighted by molar-refractivity contribution is 5.97. The number of rotatable bonds is 2. The van der Waals surface area contributed by atoms with E-state index in [0.717, 1.165) is 38.3 Å². The molecule has 1 heterocycles. The highest BCUT2D eigenvalue weighted by Crippen LogP contribution is 2.48. The number of fused-ring (bicyclic) bond motifs is 2. The Bertz CT molecular complexity index is 350. The molecule has 0 aromatic carbocycles. The molecule has 3 aliphatic rings. The van der Waals surface area contributed by atoms with Gasteiger partial charge in [0.2, 0.25) is 11.8 Å². The van der Waals surface area contributed by atoms with E-state index in [1.807, 2.05) is 0 Å². The van der Waals surface area contributed by atoms with Crippen LogP contribution in [-0.4, -0.2) is 24.9 Å². The zero-order valence-corrected chi connectivity index (χ0v) is 10.8. The Balaban J connectivity index is 1.52. The number of hydrogen-bond acceptors (Lipinski definition) is 3. The maximum Gasteiger partial charge on any atom is 0.229 e. The molecule has 3 rings (SSSR count). The Morgan fingerprint density at radius 1 is 0.944 bits per heavy atom. The van der Waals surface area contributed by atoms with Crippen LogP contribution in [0.3, 0.4) is 0 Å². The van der Waals surface area contributed by atoms with E-state index in [1.54, 1.807) is 0 Å². The van der Waals surface area contributed by atoms with Crippen LogP contribution in [0, 0.1) is 23.7 Å².